The number of aryl methyl sites for hydroxylation is 2. The SMILES string of the molecule is Cc1ccc(-c2csc(N/N=C\c3cn(C)c4ccccc34)n2)cc1. The maximum Gasteiger partial charge on any atom is 0.203 e. The van der Waals surface area contributed by atoms with Crippen molar-refractivity contribution in [1.29, 1.82) is 0 Å². The average Bonchev–Trinajstić information content (AvgIpc) is 3.22. The molecule has 0 bridgehead atoms. The summed E-state index contributed by atoms with van der Waals surface area (Å²) in [5, 5.41) is 8.37. The van der Waals surface area contributed by atoms with Crippen LogP contribution in [0, 0.1) is 6.92 Å². The van der Waals surface area contributed by atoms with E-state index in [2.05, 4.69) is 69.6 Å². The van der Waals surface area contributed by atoms with Crippen molar-refractivity contribution in [2.75, 3.05) is 5.43 Å². The van der Waals surface area contributed by atoms with Crippen molar-refractivity contribution in [2.24, 2.45) is 12.1 Å². The second kappa shape index (κ2) is 6.53. The number of fused-ring (bicyclic) bond motifs is 1. The summed E-state index contributed by atoms with van der Waals surface area (Å²) >= 11 is 1.55. The second-order valence-electron chi connectivity index (χ2n) is 5.99. The summed E-state index contributed by atoms with van der Waals surface area (Å²) in [6.07, 6.45) is 3.92. The van der Waals surface area contributed by atoms with Gasteiger partial charge in [0.25, 0.3) is 0 Å². The van der Waals surface area contributed by atoms with Crippen molar-refractivity contribution in [3.63, 3.8) is 0 Å². The topological polar surface area (TPSA) is 42.2 Å². The van der Waals surface area contributed by atoms with E-state index in [1.165, 1.54) is 16.5 Å². The molecule has 0 atom stereocenters. The molecule has 2 heterocycles. The molecular weight excluding hydrogens is 328 g/mol. The first kappa shape index (κ1) is 15.6. The van der Waals surface area contributed by atoms with E-state index < -0.39 is 0 Å². The first-order valence-electron chi connectivity index (χ1n) is 8.06. The predicted octanol–water partition coefficient (Wildman–Crippen LogP) is 5.06. The number of anilines is 1. The highest BCUT2D eigenvalue weighted by atomic mass is 32.1. The van der Waals surface area contributed by atoms with Crippen molar-refractivity contribution in [3.8, 4) is 11.3 Å². The smallest absolute Gasteiger partial charge is 0.203 e. The maximum absolute atomic E-state index is 4.60. The summed E-state index contributed by atoms with van der Waals surface area (Å²) in [5.41, 5.74) is 8.65. The molecule has 0 saturated carbocycles. The lowest BCUT2D eigenvalue weighted by Gasteiger charge is -1.97. The zero-order valence-electron chi connectivity index (χ0n) is 14.1. The summed E-state index contributed by atoms with van der Waals surface area (Å²) in [7, 11) is 2.04. The summed E-state index contributed by atoms with van der Waals surface area (Å²) in [6, 6.07) is 16.7. The Kier molecular flexibility index (Phi) is 4.07. The van der Waals surface area contributed by atoms with E-state index in [1.54, 1.807) is 11.3 Å². The quantitative estimate of drug-likeness (QED) is 0.415. The number of thiazole rings is 1. The van der Waals surface area contributed by atoms with Crippen LogP contribution in [0.5, 0.6) is 0 Å². The fourth-order valence-electron chi connectivity index (χ4n) is 2.81. The van der Waals surface area contributed by atoms with Crippen molar-refractivity contribution >= 4 is 33.6 Å². The Morgan fingerprint density at radius 1 is 1.12 bits per heavy atom. The van der Waals surface area contributed by atoms with Gasteiger partial charge in [0.2, 0.25) is 5.13 Å². The fraction of sp³-hybridized carbons (Fsp3) is 0.100. The van der Waals surface area contributed by atoms with Crippen molar-refractivity contribution in [1.82, 2.24) is 9.55 Å². The van der Waals surface area contributed by atoms with Crippen LogP contribution in [-0.2, 0) is 7.05 Å². The lowest BCUT2D eigenvalue weighted by Crippen LogP contribution is -1.90. The van der Waals surface area contributed by atoms with Gasteiger partial charge >= 0.3 is 0 Å². The Labute approximate surface area is 150 Å². The van der Waals surface area contributed by atoms with E-state index in [1.807, 2.05) is 30.8 Å². The predicted molar refractivity (Wildman–Crippen MR) is 106 cm³/mol. The van der Waals surface area contributed by atoms with Crippen LogP contribution >= 0.6 is 11.3 Å². The third-order valence-corrected chi connectivity index (χ3v) is 4.89. The Bertz CT molecular complexity index is 1040. The molecule has 0 unspecified atom stereocenters. The Morgan fingerprint density at radius 2 is 1.92 bits per heavy atom. The third kappa shape index (κ3) is 3.19. The van der Waals surface area contributed by atoms with E-state index in [-0.39, 0.29) is 0 Å². The summed E-state index contributed by atoms with van der Waals surface area (Å²) < 4.78 is 2.11. The zero-order chi connectivity index (χ0) is 17.2. The van der Waals surface area contributed by atoms with E-state index in [0.717, 1.165) is 22.0 Å². The van der Waals surface area contributed by atoms with E-state index in [9.17, 15) is 0 Å². The standard InChI is InChI=1S/C20H18N4S/c1-14-7-9-15(10-8-14)18-13-25-20(22-18)23-21-11-16-12-24(2)19-6-4-3-5-17(16)19/h3-13H,1-2H3,(H,22,23)/b21-11-. The van der Waals surface area contributed by atoms with Crippen LogP contribution in [-0.4, -0.2) is 15.8 Å². The van der Waals surface area contributed by atoms with Gasteiger partial charge < -0.3 is 4.57 Å². The molecule has 2 aromatic carbocycles. The highest BCUT2D eigenvalue weighted by Gasteiger charge is 2.05. The van der Waals surface area contributed by atoms with Gasteiger partial charge in [-0.3, -0.25) is 5.43 Å². The molecule has 0 aliphatic rings. The van der Waals surface area contributed by atoms with Gasteiger partial charge in [-0.15, -0.1) is 11.3 Å². The molecule has 0 amide bonds. The normalized spacial score (nSPS) is 11.4. The van der Waals surface area contributed by atoms with Gasteiger partial charge in [-0.1, -0.05) is 48.0 Å². The molecular formula is C20H18N4S. The molecule has 25 heavy (non-hydrogen) atoms. The molecule has 4 rings (SSSR count). The minimum absolute atomic E-state index is 0.784. The molecule has 0 aliphatic carbocycles. The maximum atomic E-state index is 4.60. The van der Waals surface area contributed by atoms with Gasteiger partial charge in [0, 0.05) is 40.7 Å². The molecule has 2 aromatic heterocycles. The largest absolute Gasteiger partial charge is 0.350 e. The third-order valence-electron chi connectivity index (χ3n) is 4.14. The molecule has 0 spiro atoms. The highest BCUT2D eigenvalue weighted by Crippen LogP contribution is 2.25. The van der Waals surface area contributed by atoms with Crippen molar-refractivity contribution < 1.29 is 0 Å². The van der Waals surface area contributed by atoms with Crippen LogP contribution in [0.25, 0.3) is 22.2 Å². The molecule has 124 valence electrons. The number of para-hydroxylation sites is 1. The first-order chi connectivity index (χ1) is 12.2. The molecule has 0 radical (unpaired) electrons. The van der Waals surface area contributed by atoms with E-state index >= 15 is 0 Å². The Balaban J connectivity index is 1.51. The summed E-state index contributed by atoms with van der Waals surface area (Å²) in [5.74, 6) is 0. The van der Waals surface area contributed by atoms with Crippen molar-refractivity contribution in [3.05, 3.63) is 71.2 Å². The number of aromatic nitrogens is 2. The number of nitrogens with zero attached hydrogens (tertiary/aromatic N) is 3. The second-order valence-corrected chi connectivity index (χ2v) is 6.84. The molecule has 0 saturated heterocycles. The molecule has 4 aromatic rings. The molecule has 0 aliphatic heterocycles. The van der Waals surface area contributed by atoms with Gasteiger partial charge in [-0.05, 0) is 13.0 Å². The van der Waals surface area contributed by atoms with Crippen molar-refractivity contribution in [2.45, 2.75) is 6.92 Å². The summed E-state index contributed by atoms with van der Waals surface area (Å²) in [6.45, 7) is 2.08. The van der Waals surface area contributed by atoms with Gasteiger partial charge in [-0.25, -0.2) is 4.98 Å². The minimum atomic E-state index is 0.784. The van der Waals surface area contributed by atoms with Gasteiger partial charge in [-0.2, -0.15) is 5.10 Å². The van der Waals surface area contributed by atoms with Crippen LogP contribution < -0.4 is 5.43 Å². The summed E-state index contributed by atoms with van der Waals surface area (Å²) in [4.78, 5) is 4.60. The number of hydrazone groups is 1. The van der Waals surface area contributed by atoms with Gasteiger partial charge in [0.15, 0.2) is 0 Å². The Hall–Kier alpha value is -2.92. The van der Waals surface area contributed by atoms with Crippen LogP contribution in [0.15, 0.2) is 65.2 Å². The average molecular weight is 346 g/mol. The zero-order valence-corrected chi connectivity index (χ0v) is 14.9. The Morgan fingerprint density at radius 3 is 2.76 bits per heavy atom. The number of hydrogen-bond donors (Lipinski definition) is 1. The lowest BCUT2D eigenvalue weighted by molar-refractivity contribution is 0.968. The minimum Gasteiger partial charge on any atom is -0.350 e. The number of rotatable bonds is 4. The fourth-order valence-corrected chi connectivity index (χ4v) is 3.48. The molecule has 0 fully saturated rings. The lowest BCUT2D eigenvalue weighted by atomic mass is 10.1. The van der Waals surface area contributed by atoms with Crippen LogP contribution in [0.3, 0.4) is 0 Å². The molecule has 1 N–H and O–H groups in total. The van der Waals surface area contributed by atoms with Crippen LogP contribution in [0.1, 0.15) is 11.1 Å². The van der Waals surface area contributed by atoms with Gasteiger partial charge in [0.05, 0.1) is 11.9 Å². The first-order valence-corrected chi connectivity index (χ1v) is 8.94. The monoisotopic (exact) mass is 346 g/mol. The number of benzene rings is 2. The molecule has 4 nitrogen and oxygen atoms in total. The van der Waals surface area contributed by atoms with E-state index in [0.29, 0.717) is 0 Å². The van der Waals surface area contributed by atoms with Crippen LogP contribution in [0.4, 0.5) is 5.13 Å². The van der Waals surface area contributed by atoms with Crippen LogP contribution in [0.2, 0.25) is 0 Å². The van der Waals surface area contributed by atoms with Gasteiger partial charge in [0.1, 0.15) is 0 Å². The molecule has 5 heteroatoms. The van der Waals surface area contributed by atoms with E-state index in [4.69, 9.17) is 0 Å². The number of hydrogen-bond acceptors (Lipinski definition) is 4. The number of nitrogens with one attached hydrogen (secondary N) is 1. The highest BCUT2D eigenvalue weighted by molar-refractivity contribution is 7.14.